The molecule has 3 nitrogen and oxygen atoms in total. The minimum absolute atomic E-state index is 0.0473. The van der Waals surface area contributed by atoms with Crippen molar-refractivity contribution in [3.8, 4) is 16.9 Å². The number of benzene rings is 2. The van der Waals surface area contributed by atoms with E-state index in [-0.39, 0.29) is 11.3 Å². The van der Waals surface area contributed by atoms with E-state index < -0.39 is 5.97 Å². The number of hydrogen-bond acceptors (Lipinski definition) is 3. The summed E-state index contributed by atoms with van der Waals surface area (Å²) in [7, 11) is 1.28. The fourth-order valence-corrected chi connectivity index (χ4v) is 2.12. The molecule has 0 spiro atoms. The molecule has 0 saturated heterocycles. The number of carbonyl (C=O) groups is 1. The number of phenolic OH excluding ortho intramolecular Hbond substituents is 1. The van der Waals surface area contributed by atoms with Gasteiger partial charge in [0.15, 0.2) is 0 Å². The van der Waals surface area contributed by atoms with Gasteiger partial charge in [-0.1, -0.05) is 23.2 Å². The van der Waals surface area contributed by atoms with Crippen LogP contribution in [0.1, 0.15) is 10.4 Å². The first-order valence-corrected chi connectivity index (χ1v) is 6.14. The van der Waals surface area contributed by atoms with E-state index in [9.17, 15) is 9.90 Å². The number of aromatic hydroxyl groups is 1. The van der Waals surface area contributed by atoms with E-state index in [1.54, 1.807) is 24.3 Å². The SMILES string of the molecule is COC(=O)c1cc(O)cc(-c2cc(Cl)ccc2Cl)c1. The summed E-state index contributed by atoms with van der Waals surface area (Å²) in [5.74, 6) is -0.579. The van der Waals surface area contributed by atoms with Gasteiger partial charge in [0.25, 0.3) is 0 Å². The standard InChI is InChI=1S/C14H10Cl2O3/c1-19-14(18)9-4-8(5-11(17)6-9)12-7-10(15)2-3-13(12)16/h2-7,17H,1H3. The number of phenols is 1. The Balaban J connectivity index is 2.59. The Morgan fingerprint density at radius 3 is 2.58 bits per heavy atom. The van der Waals surface area contributed by atoms with Crippen LogP contribution in [-0.2, 0) is 4.74 Å². The van der Waals surface area contributed by atoms with Crippen molar-refractivity contribution in [2.45, 2.75) is 0 Å². The second-order valence-corrected chi connectivity index (χ2v) is 4.73. The molecule has 0 aliphatic rings. The lowest BCUT2D eigenvalue weighted by Crippen LogP contribution is -2.01. The van der Waals surface area contributed by atoms with Crippen LogP contribution >= 0.6 is 23.2 Å². The van der Waals surface area contributed by atoms with Gasteiger partial charge in [0.2, 0.25) is 0 Å². The molecular weight excluding hydrogens is 287 g/mol. The lowest BCUT2D eigenvalue weighted by molar-refractivity contribution is 0.0600. The van der Waals surface area contributed by atoms with Crippen LogP contribution < -0.4 is 0 Å². The van der Waals surface area contributed by atoms with Crippen molar-refractivity contribution in [3.05, 3.63) is 52.0 Å². The van der Waals surface area contributed by atoms with Gasteiger partial charge < -0.3 is 9.84 Å². The zero-order valence-corrected chi connectivity index (χ0v) is 11.5. The van der Waals surface area contributed by atoms with Gasteiger partial charge in [-0.25, -0.2) is 4.79 Å². The molecule has 2 aromatic rings. The first kappa shape index (κ1) is 13.7. The van der Waals surface area contributed by atoms with Gasteiger partial charge in [-0.05, 0) is 42.0 Å². The molecule has 0 aliphatic heterocycles. The second kappa shape index (κ2) is 5.51. The smallest absolute Gasteiger partial charge is 0.338 e. The van der Waals surface area contributed by atoms with E-state index in [2.05, 4.69) is 4.74 Å². The highest BCUT2D eigenvalue weighted by molar-refractivity contribution is 6.35. The molecule has 0 radical (unpaired) electrons. The summed E-state index contributed by atoms with van der Waals surface area (Å²) >= 11 is 12.0. The second-order valence-electron chi connectivity index (χ2n) is 3.88. The summed E-state index contributed by atoms with van der Waals surface area (Å²) in [4.78, 5) is 11.5. The molecule has 0 bridgehead atoms. The van der Waals surface area contributed by atoms with E-state index in [0.29, 0.717) is 21.2 Å². The van der Waals surface area contributed by atoms with Gasteiger partial charge >= 0.3 is 5.97 Å². The molecule has 98 valence electrons. The Bertz CT molecular complexity index is 639. The molecule has 19 heavy (non-hydrogen) atoms. The summed E-state index contributed by atoms with van der Waals surface area (Å²) in [6.07, 6.45) is 0. The average Bonchev–Trinajstić information content (AvgIpc) is 2.39. The summed E-state index contributed by atoms with van der Waals surface area (Å²) in [5, 5.41) is 10.7. The molecule has 0 heterocycles. The number of hydrogen-bond donors (Lipinski definition) is 1. The zero-order valence-electron chi connectivity index (χ0n) is 9.98. The Morgan fingerprint density at radius 1 is 1.16 bits per heavy atom. The van der Waals surface area contributed by atoms with Crippen LogP contribution in [0.4, 0.5) is 0 Å². The van der Waals surface area contributed by atoms with Crippen molar-refractivity contribution in [2.75, 3.05) is 7.11 Å². The van der Waals surface area contributed by atoms with Crippen LogP contribution in [0, 0.1) is 0 Å². The van der Waals surface area contributed by atoms with Crippen LogP contribution in [0.3, 0.4) is 0 Å². The predicted octanol–water partition coefficient (Wildman–Crippen LogP) is 4.15. The Kier molecular flexibility index (Phi) is 3.98. The molecule has 0 aromatic heterocycles. The van der Waals surface area contributed by atoms with E-state index in [1.807, 2.05) is 0 Å². The van der Waals surface area contributed by atoms with Crippen LogP contribution in [0.5, 0.6) is 5.75 Å². The molecule has 2 aromatic carbocycles. The number of esters is 1. The highest BCUT2D eigenvalue weighted by atomic mass is 35.5. The monoisotopic (exact) mass is 296 g/mol. The molecule has 2 rings (SSSR count). The lowest BCUT2D eigenvalue weighted by Gasteiger charge is -2.08. The molecule has 0 unspecified atom stereocenters. The topological polar surface area (TPSA) is 46.5 Å². The number of rotatable bonds is 2. The Morgan fingerprint density at radius 2 is 1.89 bits per heavy atom. The van der Waals surface area contributed by atoms with Gasteiger partial charge in [-0.2, -0.15) is 0 Å². The molecule has 0 aliphatic carbocycles. The molecule has 1 N–H and O–H groups in total. The van der Waals surface area contributed by atoms with Crippen molar-refractivity contribution >= 4 is 29.2 Å². The zero-order chi connectivity index (χ0) is 14.0. The van der Waals surface area contributed by atoms with Gasteiger partial charge in [-0.15, -0.1) is 0 Å². The largest absolute Gasteiger partial charge is 0.508 e. The summed E-state index contributed by atoms with van der Waals surface area (Å²) < 4.78 is 4.63. The molecule has 0 atom stereocenters. The first-order valence-electron chi connectivity index (χ1n) is 5.39. The van der Waals surface area contributed by atoms with Crippen LogP contribution in [-0.4, -0.2) is 18.2 Å². The maximum atomic E-state index is 11.5. The molecule has 5 heteroatoms. The molecular formula is C14H10Cl2O3. The van der Waals surface area contributed by atoms with E-state index in [4.69, 9.17) is 23.2 Å². The van der Waals surface area contributed by atoms with Gasteiger partial charge in [0, 0.05) is 15.6 Å². The molecule has 0 fully saturated rings. The number of carbonyl (C=O) groups excluding carboxylic acids is 1. The highest BCUT2D eigenvalue weighted by Crippen LogP contribution is 2.33. The fraction of sp³-hybridized carbons (Fsp3) is 0.0714. The van der Waals surface area contributed by atoms with Crippen LogP contribution in [0.15, 0.2) is 36.4 Å². The predicted molar refractivity (Wildman–Crippen MR) is 74.9 cm³/mol. The molecule has 0 amide bonds. The van der Waals surface area contributed by atoms with Crippen molar-refractivity contribution in [1.82, 2.24) is 0 Å². The lowest BCUT2D eigenvalue weighted by atomic mass is 10.0. The summed E-state index contributed by atoms with van der Waals surface area (Å²) in [6, 6.07) is 9.40. The third-order valence-electron chi connectivity index (χ3n) is 2.58. The maximum Gasteiger partial charge on any atom is 0.338 e. The normalized spacial score (nSPS) is 10.3. The minimum atomic E-state index is -0.532. The number of ether oxygens (including phenoxy) is 1. The van der Waals surface area contributed by atoms with Crippen molar-refractivity contribution in [1.29, 1.82) is 0 Å². The van der Waals surface area contributed by atoms with Crippen molar-refractivity contribution < 1.29 is 14.6 Å². The van der Waals surface area contributed by atoms with Gasteiger partial charge in [0.05, 0.1) is 12.7 Å². The fourth-order valence-electron chi connectivity index (χ4n) is 1.72. The summed E-state index contributed by atoms with van der Waals surface area (Å²) in [5.41, 5.74) is 1.47. The van der Waals surface area contributed by atoms with Gasteiger partial charge in [0.1, 0.15) is 5.75 Å². The van der Waals surface area contributed by atoms with Crippen molar-refractivity contribution in [3.63, 3.8) is 0 Å². The van der Waals surface area contributed by atoms with E-state index in [1.165, 1.54) is 19.2 Å². The minimum Gasteiger partial charge on any atom is -0.508 e. The third-order valence-corrected chi connectivity index (χ3v) is 3.14. The van der Waals surface area contributed by atoms with Crippen molar-refractivity contribution in [2.24, 2.45) is 0 Å². The third kappa shape index (κ3) is 3.00. The van der Waals surface area contributed by atoms with Crippen LogP contribution in [0.25, 0.3) is 11.1 Å². The number of methoxy groups -OCH3 is 1. The van der Waals surface area contributed by atoms with E-state index >= 15 is 0 Å². The summed E-state index contributed by atoms with van der Waals surface area (Å²) in [6.45, 7) is 0. The average molecular weight is 297 g/mol. The van der Waals surface area contributed by atoms with Crippen LogP contribution in [0.2, 0.25) is 10.0 Å². The first-order chi connectivity index (χ1) is 9.01. The highest BCUT2D eigenvalue weighted by Gasteiger charge is 2.12. The quantitative estimate of drug-likeness (QED) is 0.847. The van der Waals surface area contributed by atoms with Gasteiger partial charge in [-0.3, -0.25) is 0 Å². The Labute approximate surface area is 120 Å². The maximum absolute atomic E-state index is 11.5. The number of halogens is 2. The van der Waals surface area contributed by atoms with E-state index in [0.717, 1.165) is 0 Å². The molecule has 0 saturated carbocycles. The Hall–Kier alpha value is -1.71.